The van der Waals surface area contributed by atoms with Crippen LogP contribution in [0.15, 0.2) is 24.3 Å². The van der Waals surface area contributed by atoms with Crippen LogP contribution in [0.25, 0.3) is 0 Å². The predicted octanol–water partition coefficient (Wildman–Crippen LogP) is 2.83. The lowest BCUT2D eigenvalue weighted by molar-refractivity contribution is 0.0423. The van der Waals surface area contributed by atoms with Crippen LogP contribution in [0.4, 0.5) is 0 Å². The second-order valence-corrected chi connectivity index (χ2v) is 6.28. The Kier molecular flexibility index (Phi) is 8.01. The van der Waals surface area contributed by atoms with Crippen molar-refractivity contribution in [2.75, 3.05) is 33.4 Å². The van der Waals surface area contributed by atoms with E-state index in [0.29, 0.717) is 36.5 Å². The Morgan fingerprint density at radius 2 is 1.77 bits per heavy atom. The molecular formula is C17H28ClNO3. The normalized spacial score (nSPS) is 23.5. The summed E-state index contributed by atoms with van der Waals surface area (Å²) >= 11 is 0. The van der Waals surface area contributed by atoms with Crippen LogP contribution in [0.1, 0.15) is 20.3 Å². The molecule has 0 saturated carbocycles. The number of aliphatic hydroxyl groups excluding tert-OH is 1. The molecule has 1 aromatic carbocycles. The van der Waals surface area contributed by atoms with Crippen LogP contribution in [0.5, 0.6) is 11.5 Å². The minimum atomic E-state index is -0.479. The first-order chi connectivity index (χ1) is 10.1. The number of aliphatic hydroxyl groups is 1. The highest BCUT2D eigenvalue weighted by atomic mass is 35.5. The molecule has 1 saturated heterocycles. The van der Waals surface area contributed by atoms with E-state index >= 15 is 0 Å². The molecule has 1 N–H and O–H groups in total. The van der Waals surface area contributed by atoms with E-state index in [0.717, 1.165) is 13.1 Å². The summed E-state index contributed by atoms with van der Waals surface area (Å²) in [5.41, 5.74) is 0. The van der Waals surface area contributed by atoms with E-state index in [1.165, 1.54) is 6.42 Å². The average molecular weight is 330 g/mol. The van der Waals surface area contributed by atoms with Crippen LogP contribution >= 0.6 is 12.4 Å². The molecule has 2 rings (SSSR count). The molecule has 1 aromatic rings. The third kappa shape index (κ3) is 5.67. The molecule has 3 unspecified atom stereocenters. The number of likely N-dealkylation sites (tertiary alicyclic amines) is 1. The number of hydrogen-bond donors (Lipinski definition) is 1. The maximum absolute atomic E-state index is 10.2. The van der Waals surface area contributed by atoms with Gasteiger partial charge in [0.25, 0.3) is 0 Å². The number of benzene rings is 1. The first-order valence-electron chi connectivity index (χ1n) is 7.74. The van der Waals surface area contributed by atoms with Crippen LogP contribution in [0, 0.1) is 11.8 Å². The Morgan fingerprint density at radius 3 is 2.36 bits per heavy atom. The number of piperidine rings is 1. The van der Waals surface area contributed by atoms with Gasteiger partial charge in [-0.25, -0.2) is 0 Å². The second kappa shape index (κ2) is 9.23. The number of methoxy groups -OCH3 is 1. The molecule has 5 heteroatoms. The number of halogens is 1. The maximum atomic E-state index is 10.2. The molecule has 1 fully saturated rings. The molecule has 1 aliphatic heterocycles. The number of ether oxygens (including phenoxy) is 2. The summed E-state index contributed by atoms with van der Waals surface area (Å²) in [5.74, 6) is 2.79. The average Bonchev–Trinajstić information content (AvgIpc) is 2.44. The Balaban J connectivity index is 0.00000242. The minimum Gasteiger partial charge on any atom is -0.493 e. The van der Waals surface area contributed by atoms with Crippen LogP contribution in [0.3, 0.4) is 0 Å². The highest BCUT2D eigenvalue weighted by Crippen LogP contribution is 2.26. The quantitative estimate of drug-likeness (QED) is 0.871. The van der Waals surface area contributed by atoms with Gasteiger partial charge in [-0.2, -0.15) is 0 Å². The fraction of sp³-hybridized carbons (Fsp3) is 0.647. The van der Waals surface area contributed by atoms with Crippen molar-refractivity contribution >= 4 is 12.4 Å². The van der Waals surface area contributed by atoms with E-state index in [2.05, 4.69) is 18.7 Å². The molecule has 0 spiro atoms. The molecule has 0 aliphatic carbocycles. The molecule has 1 heterocycles. The van der Waals surface area contributed by atoms with Gasteiger partial charge in [0.15, 0.2) is 11.5 Å². The van der Waals surface area contributed by atoms with Gasteiger partial charge in [0.2, 0.25) is 0 Å². The molecule has 0 radical (unpaired) electrons. The van der Waals surface area contributed by atoms with E-state index in [4.69, 9.17) is 9.47 Å². The molecule has 0 amide bonds. The molecule has 126 valence electrons. The van der Waals surface area contributed by atoms with E-state index in [1.807, 2.05) is 24.3 Å². The largest absolute Gasteiger partial charge is 0.493 e. The van der Waals surface area contributed by atoms with E-state index in [-0.39, 0.29) is 12.4 Å². The van der Waals surface area contributed by atoms with Crippen molar-refractivity contribution in [2.45, 2.75) is 26.4 Å². The summed E-state index contributed by atoms with van der Waals surface area (Å²) < 4.78 is 10.9. The van der Waals surface area contributed by atoms with Crippen molar-refractivity contribution in [3.63, 3.8) is 0 Å². The van der Waals surface area contributed by atoms with Gasteiger partial charge in [0.05, 0.1) is 7.11 Å². The monoisotopic (exact) mass is 329 g/mol. The summed E-state index contributed by atoms with van der Waals surface area (Å²) in [6, 6.07) is 7.52. The van der Waals surface area contributed by atoms with Gasteiger partial charge in [0, 0.05) is 19.6 Å². The van der Waals surface area contributed by atoms with Crippen LogP contribution in [-0.4, -0.2) is 49.5 Å². The highest BCUT2D eigenvalue weighted by molar-refractivity contribution is 5.85. The molecule has 0 bridgehead atoms. The molecule has 3 atom stereocenters. The lowest BCUT2D eigenvalue weighted by atomic mass is 9.92. The third-order valence-electron chi connectivity index (χ3n) is 3.91. The number of rotatable bonds is 6. The molecule has 0 aromatic heterocycles. The van der Waals surface area contributed by atoms with Crippen molar-refractivity contribution in [3.05, 3.63) is 24.3 Å². The first kappa shape index (κ1) is 19.1. The summed E-state index contributed by atoms with van der Waals surface area (Å²) in [6.45, 7) is 7.65. The minimum absolute atomic E-state index is 0. The molecule has 22 heavy (non-hydrogen) atoms. The summed E-state index contributed by atoms with van der Waals surface area (Å²) in [5, 5.41) is 10.2. The van der Waals surface area contributed by atoms with Gasteiger partial charge in [-0.3, -0.25) is 0 Å². The number of β-amino-alcohol motifs (C(OH)–C–C–N with tert-alkyl or cyclic N) is 1. The number of para-hydroxylation sites is 2. The summed E-state index contributed by atoms with van der Waals surface area (Å²) in [6.07, 6.45) is 0.803. The van der Waals surface area contributed by atoms with Gasteiger partial charge in [-0.1, -0.05) is 26.0 Å². The predicted molar refractivity (Wildman–Crippen MR) is 91.1 cm³/mol. The van der Waals surface area contributed by atoms with Crippen molar-refractivity contribution in [3.8, 4) is 11.5 Å². The van der Waals surface area contributed by atoms with Gasteiger partial charge < -0.3 is 19.5 Å². The Labute approximate surface area is 139 Å². The van der Waals surface area contributed by atoms with Crippen molar-refractivity contribution in [1.29, 1.82) is 0 Å². The van der Waals surface area contributed by atoms with Gasteiger partial charge in [-0.15, -0.1) is 12.4 Å². The summed E-state index contributed by atoms with van der Waals surface area (Å²) in [4.78, 5) is 2.34. The van der Waals surface area contributed by atoms with Crippen molar-refractivity contribution in [1.82, 2.24) is 4.90 Å². The number of nitrogens with zero attached hydrogens (tertiary/aromatic N) is 1. The number of hydrogen-bond acceptors (Lipinski definition) is 4. The van der Waals surface area contributed by atoms with Gasteiger partial charge in [-0.05, 0) is 30.4 Å². The van der Waals surface area contributed by atoms with Gasteiger partial charge in [0.1, 0.15) is 12.7 Å². The first-order valence-corrected chi connectivity index (χ1v) is 7.74. The molecule has 4 nitrogen and oxygen atoms in total. The highest BCUT2D eigenvalue weighted by Gasteiger charge is 2.23. The topological polar surface area (TPSA) is 41.9 Å². The zero-order chi connectivity index (χ0) is 15.2. The van der Waals surface area contributed by atoms with E-state index in [1.54, 1.807) is 7.11 Å². The zero-order valence-corrected chi connectivity index (χ0v) is 14.5. The lowest BCUT2D eigenvalue weighted by Crippen LogP contribution is -2.44. The van der Waals surface area contributed by atoms with Crippen molar-refractivity contribution < 1.29 is 14.6 Å². The standard InChI is InChI=1S/C17H27NO3.ClH/c1-13-8-14(2)10-18(9-13)11-15(19)12-21-17-7-5-4-6-16(17)20-3;/h4-7,13-15,19H,8-12H2,1-3H3;1H. The van der Waals surface area contributed by atoms with Crippen LogP contribution < -0.4 is 9.47 Å². The Morgan fingerprint density at radius 1 is 1.18 bits per heavy atom. The fourth-order valence-electron chi connectivity index (χ4n) is 3.22. The Hall–Kier alpha value is -0.970. The van der Waals surface area contributed by atoms with E-state index < -0.39 is 6.10 Å². The fourth-order valence-corrected chi connectivity index (χ4v) is 3.22. The second-order valence-electron chi connectivity index (χ2n) is 6.28. The molecular weight excluding hydrogens is 302 g/mol. The lowest BCUT2D eigenvalue weighted by Gasteiger charge is -2.35. The third-order valence-corrected chi connectivity index (χ3v) is 3.91. The van der Waals surface area contributed by atoms with Crippen LogP contribution in [-0.2, 0) is 0 Å². The smallest absolute Gasteiger partial charge is 0.161 e. The maximum Gasteiger partial charge on any atom is 0.161 e. The zero-order valence-electron chi connectivity index (χ0n) is 13.7. The van der Waals surface area contributed by atoms with Crippen molar-refractivity contribution in [2.24, 2.45) is 11.8 Å². The van der Waals surface area contributed by atoms with Crippen LogP contribution in [0.2, 0.25) is 0 Å². The molecule has 1 aliphatic rings. The SMILES string of the molecule is COc1ccccc1OCC(O)CN1CC(C)CC(C)C1.Cl. The van der Waals surface area contributed by atoms with E-state index in [9.17, 15) is 5.11 Å². The Bertz CT molecular complexity index is 434. The summed E-state index contributed by atoms with van der Waals surface area (Å²) in [7, 11) is 1.62. The van der Waals surface area contributed by atoms with Gasteiger partial charge >= 0.3 is 0 Å².